The number of piperidine rings is 1. The maximum atomic E-state index is 14.2. The van der Waals surface area contributed by atoms with E-state index in [2.05, 4.69) is 0 Å². The number of nitrogens with zero attached hydrogens (tertiary/aromatic N) is 1. The van der Waals surface area contributed by atoms with Gasteiger partial charge in [-0.05, 0) is 33.6 Å². The van der Waals surface area contributed by atoms with E-state index in [4.69, 9.17) is 4.74 Å². The number of ether oxygens (including phenoxy) is 1. The Labute approximate surface area is 105 Å². The van der Waals surface area contributed by atoms with Crippen molar-refractivity contribution in [3.63, 3.8) is 0 Å². The normalized spacial score (nSPS) is 34.8. The number of carboxylic acids is 1. The maximum absolute atomic E-state index is 14.2. The van der Waals surface area contributed by atoms with Gasteiger partial charge >= 0.3 is 12.1 Å². The molecule has 18 heavy (non-hydrogen) atoms. The van der Waals surface area contributed by atoms with Crippen LogP contribution in [0, 0.1) is 0 Å². The van der Waals surface area contributed by atoms with Crippen molar-refractivity contribution in [2.45, 2.75) is 56.8 Å². The molecule has 6 heteroatoms. The van der Waals surface area contributed by atoms with Gasteiger partial charge in [0.25, 0.3) is 0 Å². The molecule has 1 heterocycles. The van der Waals surface area contributed by atoms with Crippen molar-refractivity contribution in [1.29, 1.82) is 0 Å². The Balaban J connectivity index is 2.24. The Hall–Kier alpha value is -1.33. The van der Waals surface area contributed by atoms with Gasteiger partial charge < -0.3 is 9.84 Å². The maximum Gasteiger partial charge on any atom is 0.411 e. The fourth-order valence-corrected chi connectivity index (χ4v) is 2.79. The van der Waals surface area contributed by atoms with Crippen LogP contribution >= 0.6 is 0 Å². The molecule has 2 fully saturated rings. The molecule has 0 aromatic heterocycles. The minimum absolute atomic E-state index is 0.130. The number of aliphatic carboxylic acids is 1. The lowest BCUT2D eigenvalue weighted by molar-refractivity contribution is -0.149. The first kappa shape index (κ1) is 13.1. The average Bonchev–Trinajstić information content (AvgIpc) is 2.66. The smallest absolute Gasteiger partial charge is 0.411 e. The van der Waals surface area contributed by atoms with Crippen LogP contribution in [0.4, 0.5) is 9.18 Å². The van der Waals surface area contributed by atoms with Crippen molar-refractivity contribution in [3.8, 4) is 0 Å². The van der Waals surface area contributed by atoms with Crippen molar-refractivity contribution in [2.75, 3.05) is 6.54 Å². The Morgan fingerprint density at radius 2 is 1.94 bits per heavy atom. The highest BCUT2D eigenvalue weighted by molar-refractivity contribution is 5.86. The summed E-state index contributed by atoms with van der Waals surface area (Å²) in [5.41, 5.74) is -3.71. The first-order valence-electron chi connectivity index (χ1n) is 6.01. The van der Waals surface area contributed by atoms with E-state index < -0.39 is 28.9 Å². The van der Waals surface area contributed by atoms with Crippen LogP contribution in [0.1, 0.15) is 40.0 Å². The molecule has 0 aromatic carbocycles. The molecule has 0 spiro atoms. The van der Waals surface area contributed by atoms with Gasteiger partial charge in [0.15, 0.2) is 0 Å². The Bertz CT molecular complexity index is 405. The second-order valence-corrected chi connectivity index (χ2v) is 6.23. The monoisotopic (exact) mass is 259 g/mol. The van der Waals surface area contributed by atoms with E-state index in [0.717, 1.165) is 4.90 Å². The molecule has 1 amide bonds. The third-order valence-corrected chi connectivity index (χ3v) is 3.57. The standard InChI is InChI=1S/C12H18FNO4/c1-10(2,3)18-9(17)14-7-11(13)4-5-12(14,6-11)8(15)16/h4-7H2,1-3H3,(H,15,16). The number of hydrogen-bond donors (Lipinski definition) is 1. The van der Waals surface area contributed by atoms with E-state index in [1.807, 2.05) is 0 Å². The summed E-state index contributed by atoms with van der Waals surface area (Å²) in [5.74, 6) is -1.15. The molecule has 2 rings (SSSR count). The molecule has 0 aromatic rings. The molecule has 2 unspecified atom stereocenters. The first-order chi connectivity index (χ1) is 8.08. The van der Waals surface area contributed by atoms with Crippen molar-refractivity contribution in [1.82, 2.24) is 4.90 Å². The summed E-state index contributed by atoms with van der Waals surface area (Å²) in [6.45, 7) is 4.89. The summed E-state index contributed by atoms with van der Waals surface area (Å²) in [4.78, 5) is 24.4. The lowest BCUT2D eigenvalue weighted by Gasteiger charge is -2.36. The first-order valence-corrected chi connectivity index (χ1v) is 6.01. The molecular weight excluding hydrogens is 241 g/mol. The van der Waals surface area contributed by atoms with E-state index in [1.165, 1.54) is 0 Å². The van der Waals surface area contributed by atoms with Gasteiger partial charge in [-0.3, -0.25) is 4.90 Å². The third kappa shape index (κ3) is 1.93. The number of likely N-dealkylation sites (tertiary alicyclic amines) is 1. The van der Waals surface area contributed by atoms with Crippen molar-refractivity contribution in [2.24, 2.45) is 0 Å². The number of hydrogen-bond acceptors (Lipinski definition) is 3. The number of carbonyl (C=O) groups is 2. The van der Waals surface area contributed by atoms with E-state index in [-0.39, 0.29) is 25.8 Å². The van der Waals surface area contributed by atoms with Gasteiger partial charge in [-0.2, -0.15) is 0 Å². The Morgan fingerprint density at radius 3 is 2.39 bits per heavy atom. The summed E-state index contributed by atoms with van der Waals surface area (Å²) in [5, 5.41) is 9.31. The van der Waals surface area contributed by atoms with Crippen LogP contribution in [0.3, 0.4) is 0 Å². The fraction of sp³-hybridized carbons (Fsp3) is 0.833. The molecule has 0 radical (unpaired) electrons. The lowest BCUT2D eigenvalue weighted by Crippen LogP contribution is -2.55. The summed E-state index contributed by atoms with van der Waals surface area (Å²) >= 11 is 0. The predicted molar refractivity (Wildman–Crippen MR) is 61.0 cm³/mol. The van der Waals surface area contributed by atoms with Crippen LogP contribution in [-0.4, -0.2) is 45.4 Å². The average molecular weight is 259 g/mol. The minimum Gasteiger partial charge on any atom is -0.479 e. The number of rotatable bonds is 1. The summed E-state index contributed by atoms with van der Waals surface area (Å²) in [6.07, 6.45) is -0.533. The van der Waals surface area contributed by atoms with Crippen LogP contribution in [0.5, 0.6) is 0 Å². The Kier molecular flexibility index (Phi) is 2.61. The topological polar surface area (TPSA) is 66.8 Å². The molecule has 1 N–H and O–H groups in total. The Morgan fingerprint density at radius 1 is 1.33 bits per heavy atom. The largest absolute Gasteiger partial charge is 0.479 e. The number of amides is 1. The van der Waals surface area contributed by atoms with Crippen molar-refractivity contribution >= 4 is 12.1 Å². The van der Waals surface area contributed by atoms with Gasteiger partial charge in [-0.25, -0.2) is 14.0 Å². The molecule has 102 valence electrons. The van der Waals surface area contributed by atoms with Gasteiger partial charge in [0.1, 0.15) is 16.8 Å². The molecule has 2 aliphatic rings. The number of fused-ring (bicyclic) bond motifs is 2. The van der Waals surface area contributed by atoms with E-state index in [0.29, 0.717) is 0 Å². The molecule has 1 saturated heterocycles. The van der Waals surface area contributed by atoms with Gasteiger partial charge in [0.05, 0.1) is 6.54 Å². The quantitative estimate of drug-likeness (QED) is 0.781. The van der Waals surface area contributed by atoms with E-state index >= 15 is 0 Å². The van der Waals surface area contributed by atoms with E-state index in [1.54, 1.807) is 20.8 Å². The second-order valence-electron chi connectivity index (χ2n) is 6.23. The third-order valence-electron chi connectivity index (χ3n) is 3.57. The second kappa shape index (κ2) is 3.59. The zero-order valence-corrected chi connectivity index (χ0v) is 10.8. The van der Waals surface area contributed by atoms with Crippen molar-refractivity contribution in [3.05, 3.63) is 0 Å². The highest BCUT2D eigenvalue weighted by Crippen LogP contribution is 2.51. The molecule has 2 bridgehead atoms. The molecule has 1 aliphatic carbocycles. The molecule has 2 atom stereocenters. The SMILES string of the molecule is CC(C)(C)OC(=O)N1CC2(F)CCC1(C(=O)O)C2. The highest BCUT2D eigenvalue weighted by atomic mass is 19.1. The highest BCUT2D eigenvalue weighted by Gasteiger charge is 2.66. The summed E-state index contributed by atoms with van der Waals surface area (Å²) < 4.78 is 19.4. The van der Waals surface area contributed by atoms with Gasteiger partial charge in [0.2, 0.25) is 0 Å². The zero-order chi connectivity index (χ0) is 13.8. The van der Waals surface area contributed by atoms with Crippen LogP contribution < -0.4 is 0 Å². The predicted octanol–water partition coefficient (Wildman–Crippen LogP) is 1.95. The molecule has 5 nitrogen and oxygen atoms in total. The summed E-state index contributed by atoms with van der Waals surface area (Å²) in [7, 11) is 0. The van der Waals surface area contributed by atoms with Crippen molar-refractivity contribution < 1.29 is 23.8 Å². The number of halogens is 1. The number of carbonyl (C=O) groups excluding carboxylic acids is 1. The minimum atomic E-state index is -1.57. The number of alkyl halides is 1. The lowest BCUT2D eigenvalue weighted by atomic mass is 9.98. The number of carboxylic acid groups (broad SMARTS) is 1. The summed E-state index contributed by atoms with van der Waals surface area (Å²) in [6, 6.07) is 0. The van der Waals surface area contributed by atoms with E-state index in [9.17, 15) is 19.1 Å². The zero-order valence-electron chi connectivity index (χ0n) is 10.8. The molecule has 1 aliphatic heterocycles. The van der Waals surface area contributed by atoms with Gasteiger partial charge in [-0.15, -0.1) is 0 Å². The van der Waals surface area contributed by atoms with Crippen LogP contribution in [0.15, 0.2) is 0 Å². The van der Waals surface area contributed by atoms with Gasteiger partial charge in [-0.1, -0.05) is 0 Å². The fourth-order valence-electron chi connectivity index (χ4n) is 2.79. The van der Waals surface area contributed by atoms with Crippen LogP contribution in [-0.2, 0) is 9.53 Å². The molecule has 1 saturated carbocycles. The van der Waals surface area contributed by atoms with Crippen LogP contribution in [0.2, 0.25) is 0 Å². The van der Waals surface area contributed by atoms with Crippen LogP contribution in [0.25, 0.3) is 0 Å². The van der Waals surface area contributed by atoms with Gasteiger partial charge in [0, 0.05) is 6.42 Å². The molecular formula is C12H18FNO4.